The van der Waals surface area contributed by atoms with Crippen LogP contribution in [-0.2, 0) is 0 Å². The molecule has 0 amide bonds. The Hall–Kier alpha value is -0.860. The van der Waals surface area contributed by atoms with Gasteiger partial charge in [-0.2, -0.15) is 0 Å². The van der Waals surface area contributed by atoms with Crippen LogP contribution in [0.15, 0.2) is 18.2 Å². The van der Waals surface area contributed by atoms with Crippen LogP contribution >= 0.6 is 0 Å². The Bertz CT molecular complexity index is 294. The van der Waals surface area contributed by atoms with Crippen LogP contribution < -0.4 is 11.1 Å². The standard InChI is InChI=1S/C12H20N2/c1-9-4-5-11(10(2)8-9)12(13)6-7-14-3/h4-5,8,12,14H,6-7,13H2,1-3H3. The van der Waals surface area contributed by atoms with Gasteiger partial charge >= 0.3 is 0 Å². The Kier molecular flexibility index (Phi) is 4.11. The Labute approximate surface area is 86.5 Å². The zero-order valence-electron chi connectivity index (χ0n) is 9.30. The monoisotopic (exact) mass is 192 g/mol. The molecule has 0 bridgehead atoms. The SMILES string of the molecule is CNCCC(N)c1ccc(C)cc1C. The summed E-state index contributed by atoms with van der Waals surface area (Å²) in [4.78, 5) is 0. The number of hydrogen-bond donors (Lipinski definition) is 2. The van der Waals surface area contributed by atoms with Crippen molar-refractivity contribution >= 4 is 0 Å². The van der Waals surface area contributed by atoms with Gasteiger partial charge in [0, 0.05) is 6.04 Å². The summed E-state index contributed by atoms with van der Waals surface area (Å²) in [6.45, 7) is 5.20. The van der Waals surface area contributed by atoms with Crippen molar-refractivity contribution in [3.8, 4) is 0 Å². The Morgan fingerprint density at radius 1 is 1.36 bits per heavy atom. The zero-order chi connectivity index (χ0) is 10.6. The fourth-order valence-electron chi connectivity index (χ4n) is 1.70. The lowest BCUT2D eigenvalue weighted by Gasteiger charge is -2.14. The molecular weight excluding hydrogens is 172 g/mol. The second-order valence-corrected chi connectivity index (χ2v) is 3.86. The summed E-state index contributed by atoms with van der Waals surface area (Å²) >= 11 is 0. The molecule has 1 unspecified atom stereocenters. The van der Waals surface area contributed by atoms with E-state index in [1.165, 1.54) is 16.7 Å². The maximum atomic E-state index is 6.09. The molecule has 0 saturated heterocycles. The molecular formula is C12H20N2. The van der Waals surface area contributed by atoms with E-state index >= 15 is 0 Å². The van der Waals surface area contributed by atoms with Crippen molar-refractivity contribution in [2.24, 2.45) is 5.73 Å². The minimum absolute atomic E-state index is 0.156. The fourth-order valence-corrected chi connectivity index (χ4v) is 1.70. The summed E-state index contributed by atoms with van der Waals surface area (Å²) in [7, 11) is 1.95. The van der Waals surface area contributed by atoms with Crippen LogP contribution in [0.3, 0.4) is 0 Å². The van der Waals surface area contributed by atoms with Gasteiger partial charge < -0.3 is 11.1 Å². The number of rotatable bonds is 4. The van der Waals surface area contributed by atoms with Crippen LogP contribution in [0.2, 0.25) is 0 Å². The van der Waals surface area contributed by atoms with Gasteiger partial charge in [0.05, 0.1) is 0 Å². The van der Waals surface area contributed by atoms with Gasteiger partial charge in [-0.05, 0) is 45.0 Å². The number of nitrogens with two attached hydrogens (primary N) is 1. The molecule has 0 saturated carbocycles. The molecule has 0 radical (unpaired) electrons. The Balaban J connectivity index is 2.74. The van der Waals surface area contributed by atoms with E-state index in [2.05, 4.69) is 37.4 Å². The molecule has 1 atom stereocenters. The number of benzene rings is 1. The smallest absolute Gasteiger partial charge is 0.0309 e. The normalized spacial score (nSPS) is 12.9. The van der Waals surface area contributed by atoms with Crippen molar-refractivity contribution in [2.75, 3.05) is 13.6 Å². The van der Waals surface area contributed by atoms with Crippen LogP contribution in [0, 0.1) is 13.8 Å². The quantitative estimate of drug-likeness (QED) is 0.765. The minimum atomic E-state index is 0.156. The van der Waals surface area contributed by atoms with E-state index < -0.39 is 0 Å². The molecule has 1 aromatic rings. The first-order chi connectivity index (χ1) is 6.65. The molecule has 0 spiro atoms. The van der Waals surface area contributed by atoms with Gasteiger partial charge in [0.25, 0.3) is 0 Å². The number of aryl methyl sites for hydroxylation is 2. The van der Waals surface area contributed by atoms with Crippen LogP contribution in [0.1, 0.15) is 29.2 Å². The molecule has 1 aromatic carbocycles. The van der Waals surface area contributed by atoms with Gasteiger partial charge in [0.2, 0.25) is 0 Å². The molecule has 1 rings (SSSR count). The fraction of sp³-hybridized carbons (Fsp3) is 0.500. The summed E-state index contributed by atoms with van der Waals surface area (Å²) in [6, 6.07) is 6.62. The minimum Gasteiger partial charge on any atom is -0.324 e. The number of nitrogens with one attached hydrogen (secondary N) is 1. The van der Waals surface area contributed by atoms with Gasteiger partial charge in [0.15, 0.2) is 0 Å². The Morgan fingerprint density at radius 3 is 2.64 bits per heavy atom. The third-order valence-corrected chi connectivity index (χ3v) is 2.53. The topological polar surface area (TPSA) is 38.0 Å². The highest BCUT2D eigenvalue weighted by Crippen LogP contribution is 2.19. The second kappa shape index (κ2) is 5.13. The van der Waals surface area contributed by atoms with E-state index in [0.717, 1.165) is 13.0 Å². The van der Waals surface area contributed by atoms with E-state index in [1.807, 2.05) is 7.05 Å². The lowest BCUT2D eigenvalue weighted by molar-refractivity contribution is 0.613. The molecule has 3 N–H and O–H groups in total. The highest BCUT2D eigenvalue weighted by Gasteiger charge is 2.07. The van der Waals surface area contributed by atoms with E-state index in [9.17, 15) is 0 Å². The molecule has 2 heteroatoms. The maximum Gasteiger partial charge on any atom is 0.0309 e. The summed E-state index contributed by atoms with van der Waals surface area (Å²) in [6.07, 6.45) is 0.987. The van der Waals surface area contributed by atoms with Crippen molar-refractivity contribution in [2.45, 2.75) is 26.3 Å². The molecule has 78 valence electrons. The van der Waals surface area contributed by atoms with Crippen molar-refractivity contribution < 1.29 is 0 Å². The van der Waals surface area contributed by atoms with Crippen molar-refractivity contribution in [3.05, 3.63) is 34.9 Å². The molecule has 0 aromatic heterocycles. The molecule has 0 fully saturated rings. The highest BCUT2D eigenvalue weighted by atomic mass is 14.8. The van der Waals surface area contributed by atoms with Crippen molar-refractivity contribution in [3.63, 3.8) is 0 Å². The largest absolute Gasteiger partial charge is 0.324 e. The summed E-state index contributed by atoms with van der Waals surface area (Å²) < 4.78 is 0. The first-order valence-electron chi connectivity index (χ1n) is 5.12. The zero-order valence-corrected chi connectivity index (χ0v) is 9.30. The van der Waals surface area contributed by atoms with Gasteiger partial charge in [-0.1, -0.05) is 23.8 Å². The predicted molar refractivity (Wildman–Crippen MR) is 61.4 cm³/mol. The predicted octanol–water partition coefficient (Wildman–Crippen LogP) is 1.91. The van der Waals surface area contributed by atoms with Crippen molar-refractivity contribution in [1.82, 2.24) is 5.32 Å². The van der Waals surface area contributed by atoms with Crippen LogP contribution in [0.5, 0.6) is 0 Å². The molecule has 0 aliphatic carbocycles. The van der Waals surface area contributed by atoms with Gasteiger partial charge in [0.1, 0.15) is 0 Å². The second-order valence-electron chi connectivity index (χ2n) is 3.86. The van der Waals surface area contributed by atoms with E-state index in [0.29, 0.717) is 0 Å². The van der Waals surface area contributed by atoms with Gasteiger partial charge in [-0.15, -0.1) is 0 Å². The third-order valence-electron chi connectivity index (χ3n) is 2.53. The summed E-state index contributed by atoms with van der Waals surface area (Å²) in [5.74, 6) is 0. The van der Waals surface area contributed by atoms with E-state index in [1.54, 1.807) is 0 Å². The van der Waals surface area contributed by atoms with Crippen LogP contribution in [0.4, 0.5) is 0 Å². The van der Waals surface area contributed by atoms with Gasteiger partial charge in [-0.3, -0.25) is 0 Å². The average Bonchev–Trinajstić information content (AvgIpc) is 2.14. The summed E-state index contributed by atoms with van der Waals surface area (Å²) in [5.41, 5.74) is 9.96. The van der Waals surface area contributed by atoms with E-state index in [-0.39, 0.29) is 6.04 Å². The highest BCUT2D eigenvalue weighted by molar-refractivity contribution is 5.32. The first-order valence-corrected chi connectivity index (χ1v) is 5.12. The lowest BCUT2D eigenvalue weighted by atomic mass is 9.98. The third kappa shape index (κ3) is 2.82. The molecule has 0 heterocycles. The molecule has 2 nitrogen and oxygen atoms in total. The first kappa shape index (κ1) is 11.2. The Morgan fingerprint density at radius 2 is 2.07 bits per heavy atom. The molecule has 14 heavy (non-hydrogen) atoms. The number of hydrogen-bond acceptors (Lipinski definition) is 2. The maximum absolute atomic E-state index is 6.09. The van der Waals surface area contributed by atoms with Gasteiger partial charge in [-0.25, -0.2) is 0 Å². The summed E-state index contributed by atoms with van der Waals surface area (Å²) in [5, 5.41) is 3.12. The van der Waals surface area contributed by atoms with Crippen LogP contribution in [-0.4, -0.2) is 13.6 Å². The average molecular weight is 192 g/mol. The van der Waals surface area contributed by atoms with E-state index in [4.69, 9.17) is 5.73 Å². The molecule has 0 aliphatic rings. The van der Waals surface area contributed by atoms with Crippen LogP contribution in [0.25, 0.3) is 0 Å². The van der Waals surface area contributed by atoms with Crippen molar-refractivity contribution in [1.29, 1.82) is 0 Å². The lowest BCUT2D eigenvalue weighted by Crippen LogP contribution is -2.18. The molecule has 0 aliphatic heterocycles.